The Kier molecular flexibility index (Phi) is 4.86. The quantitative estimate of drug-likeness (QED) is 0.915. The number of hydrogen-bond acceptors (Lipinski definition) is 2. The summed E-state index contributed by atoms with van der Waals surface area (Å²) in [6.45, 7) is 1.79. The van der Waals surface area contributed by atoms with Gasteiger partial charge in [0.05, 0.1) is 6.10 Å². The van der Waals surface area contributed by atoms with Gasteiger partial charge in [-0.2, -0.15) is 0 Å². The van der Waals surface area contributed by atoms with Crippen molar-refractivity contribution in [3.63, 3.8) is 0 Å². The van der Waals surface area contributed by atoms with E-state index >= 15 is 0 Å². The fourth-order valence-corrected chi connectivity index (χ4v) is 2.99. The molecule has 17 heavy (non-hydrogen) atoms. The molecule has 0 spiro atoms. The molecule has 0 aliphatic carbocycles. The van der Waals surface area contributed by atoms with Crippen LogP contribution in [0.4, 0.5) is 0 Å². The summed E-state index contributed by atoms with van der Waals surface area (Å²) in [6.07, 6.45) is 2.43. The van der Waals surface area contributed by atoms with Gasteiger partial charge in [0, 0.05) is 34.1 Å². The molecule has 1 saturated heterocycles. The molecule has 2 nitrogen and oxygen atoms in total. The monoisotopic (exact) mass is 317 g/mol. The van der Waals surface area contributed by atoms with E-state index in [2.05, 4.69) is 27.3 Å². The molecule has 0 radical (unpaired) electrons. The highest BCUT2D eigenvalue weighted by atomic mass is 79.9. The van der Waals surface area contributed by atoms with Crippen molar-refractivity contribution in [1.29, 1.82) is 0 Å². The van der Waals surface area contributed by atoms with Crippen LogP contribution in [0.25, 0.3) is 0 Å². The molecule has 0 amide bonds. The Morgan fingerprint density at radius 1 is 1.53 bits per heavy atom. The molecule has 1 fully saturated rings. The van der Waals surface area contributed by atoms with Crippen LogP contribution in [-0.2, 0) is 4.74 Å². The topological polar surface area (TPSA) is 21.3 Å². The van der Waals surface area contributed by atoms with Gasteiger partial charge in [0.1, 0.15) is 0 Å². The molecule has 2 unspecified atom stereocenters. The Labute approximate surface area is 116 Å². The maximum atomic E-state index is 6.27. The summed E-state index contributed by atoms with van der Waals surface area (Å²) in [5, 5.41) is 4.03. The molecule has 0 aromatic heterocycles. The largest absolute Gasteiger partial charge is 0.373 e. The Morgan fingerprint density at radius 2 is 2.35 bits per heavy atom. The van der Waals surface area contributed by atoms with Gasteiger partial charge in [-0.1, -0.05) is 27.5 Å². The second-order valence-electron chi connectivity index (χ2n) is 4.42. The first kappa shape index (κ1) is 13.3. The summed E-state index contributed by atoms with van der Waals surface area (Å²) in [5.74, 6) is 0.501. The Bertz CT molecular complexity index is 384. The predicted molar refractivity (Wildman–Crippen MR) is 74.5 cm³/mol. The standard InChI is InChI=1S/C13H17BrClNO/c1-16-8-9-3-2-6-17-13(9)11-7-10(14)4-5-12(11)15/h4-5,7,9,13,16H,2-3,6,8H2,1H3. The van der Waals surface area contributed by atoms with E-state index in [0.29, 0.717) is 5.92 Å². The number of rotatable bonds is 3. The zero-order chi connectivity index (χ0) is 12.3. The van der Waals surface area contributed by atoms with E-state index in [1.807, 2.05) is 19.2 Å². The number of benzene rings is 1. The van der Waals surface area contributed by atoms with Crippen molar-refractivity contribution in [2.24, 2.45) is 5.92 Å². The lowest BCUT2D eigenvalue weighted by atomic mass is 9.89. The lowest BCUT2D eigenvalue weighted by Crippen LogP contribution is -2.30. The number of hydrogen-bond donors (Lipinski definition) is 1. The van der Waals surface area contributed by atoms with Gasteiger partial charge >= 0.3 is 0 Å². The maximum absolute atomic E-state index is 6.27. The van der Waals surface area contributed by atoms with Crippen LogP contribution in [-0.4, -0.2) is 20.2 Å². The second kappa shape index (κ2) is 6.19. The van der Waals surface area contributed by atoms with Crippen molar-refractivity contribution >= 4 is 27.5 Å². The van der Waals surface area contributed by atoms with Gasteiger partial charge < -0.3 is 10.1 Å². The molecular weight excluding hydrogens is 302 g/mol. The van der Waals surface area contributed by atoms with E-state index in [9.17, 15) is 0 Å². The van der Waals surface area contributed by atoms with Crippen LogP contribution in [0.15, 0.2) is 22.7 Å². The molecule has 0 saturated carbocycles. The third-order valence-corrected chi connectivity index (χ3v) is 4.01. The molecule has 2 atom stereocenters. The minimum Gasteiger partial charge on any atom is -0.373 e. The molecule has 1 aliphatic heterocycles. The van der Waals surface area contributed by atoms with Crippen LogP contribution in [0.5, 0.6) is 0 Å². The predicted octanol–water partition coefficient (Wildman–Crippen LogP) is 3.79. The third kappa shape index (κ3) is 3.22. The SMILES string of the molecule is CNCC1CCCOC1c1cc(Br)ccc1Cl. The molecule has 1 aliphatic rings. The van der Waals surface area contributed by atoms with E-state index in [0.717, 1.165) is 34.6 Å². The molecule has 1 aromatic rings. The Balaban J connectivity index is 2.25. The lowest BCUT2D eigenvalue weighted by Gasteiger charge is -2.32. The van der Waals surface area contributed by atoms with Gasteiger partial charge in [-0.3, -0.25) is 0 Å². The smallest absolute Gasteiger partial charge is 0.0879 e. The number of ether oxygens (including phenoxy) is 1. The summed E-state index contributed by atoms with van der Waals surface area (Å²) in [5.41, 5.74) is 1.10. The zero-order valence-electron chi connectivity index (χ0n) is 9.88. The molecule has 4 heteroatoms. The third-order valence-electron chi connectivity index (χ3n) is 3.18. The first-order chi connectivity index (χ1) is 8.22. The number of nitrogens with one attached hydrogen (secondary N) is 1. The Hall–Kier alpha value is -0.0900. The van der Waals surface area contributed by atoms with Crippen molar-refractivity contribution in [1.82, 2.24) is 5.32 Å². The average molecular weight is 319 g/mol. The van der Waals surface area contributed by atoms with Gasteiger partial charge in [-0.05, 0) is 38.1 Å². The van der Waals surface area contributed by atoms with Crippen LogP contribution in [0.1, 0.15) is 24.5 Å². The minimum absolute atomic E-state index is 0.112. The first-order valence-electron chi connectivity index (χ1n) is 5.93. The molecule has 94 valence electrons. The molecule has 0 bridgehead atoms. The highest BCUT2D eigenvalue weighted by Crippen LogP contribution is 2.37. The van der Waals surface area contributed by atoms with Crippen molar-refractivity contribution in [2.75, 3.05) is 20.2 Å². The summed E-state index contributed by atoms with van der Waals surface area (Å²) in [4.78, 5) is 0. The fraction of sp³-hybridized carbons (Fsp3) is 0.538. The number of halogens is 2. The fourth-order valence-electron chi connectivity index (χ4n) is 2.39. The highest BCUT2D eigenvalue weighted by Gasteiger charge is 2.28. The summed E-state index contributed by atoms with van der Waals surface area (Å²) in [6, 6.07) is 5.96. The Morgan fingerprint density at radius 3 is 3.12 bits per heavy atom. The molecular formula is C13H17BrClNO. The first-order valence-corrected chi connectivity index (χ1v) is 7.10. The van der Waals surface area contributed by atoms with E-state index < -0.39 is 0 Å². The summed E-state index contributed by atoms with van der Waals surface area (Å²) >= 11 is 9.77. The molecule has 1 heterocycles. The van der Waals surface area contributed by atoms with Crippen molar-refractivity contribution in [3.05, 3.63) is 33.3 Å². The molecule has 1 N–H and O–H groups in total. The van der Waals surface area contributed by atoms with Crippen molar-refractivity contribution < 1.29 is 4.74 Å². The van der Waals surface area contributed by atoms with Crippen LogP contribution < -0.4 is 5.32 Å². The van der Waals surface area contributed by atoms with Gasteiger partial charge in [-0.15, -0.1) is 0 Å². The van der Waals surface area contributed by atoms with Gasteiger partial charge in [0.2, 0.25) is 0 Å². The van der Waals surface area contributed by atoms with E-state index in [-0.39, 0.29) is 6.10 Å². The lowest BCUT2D eigenvalue weighted by molar-refractivity contribution is -0.0272. The van der Waals surface area contributed by atoms with E-state index in [4.69, 9.17) is 16.3 Å². The highest BCUT2D eigenvalue weighted by molar-refractivity contribution is 9.10. The van der Waals surface area contributed by atoms with E-state index in [1.54, 1.807) is 0 Å². The van der Waals surface area contributed by atoms with Gasteiger partial charge in [-0.25, -0.2) is 0 Å². The zero-order valence-corrected chi connectivity index (χ0v) is 12.2. The van der Waals surface area contributed by atoms with Crippen LogP contribution in [0.2, 0.25) is 5.02 Å². The second-order valence-corrected chi connectivity index (χ2v) is 5.74. The van der Waals surface area contributed by atoms with Crippen LogP contribution >= 0.6 is 27.5 Å². The van der Waals surface area contributed by atoms with Crippen LogP contribution in [0.3, 0.4) is 0 Å². The summed E-state index contributed by atoms with van der Waals surface area (Å²) < 4.78 is 6.97. The maximum Gasteiger partial charge on any atom is 0.0879 e. The minimum atomic E-state index is 0.112. The molecule has 1 aromatic carbocycles. The van der Waals surface area contributed by atoms with Crippen molar-refractivity contribution in [2.45, 2.75) is 18.9 Å². The molecule has 2 rings (SSSR count). The van der Waals surface area contributed by atoms with Crippen molar-refractivity contribution in [3.8, 4) is 0 Å². The average Bonchev–Trinajstić information content (AvgIpc) is 2.34. The van der Waals surface area contributed by atoms with E-state index in [1.165, 1.54) is 6.42 Å². The van der Waals surface area contributed by atoms with Gasteiger partial charge in [0.15, 0.2) is 0 Å². The van der Waals surface area contributed by atoms with Gasteiger partial charge in [0.25, 0.3) is 0 Å². The normalized spacial score (nSPS) is 24.9. The van der Waals surface area contributed by atoms with Crippen LogP contribution in [0, 0.1) is 5.92 Å². The summed E-state index contributed by atoms with van der Waals surface area (Å²) in [7, 11) is 1.98.